The number of hydrogen-bond acceptors (Lipinski definition) is 5. The van der Waals surface area contributed by atoms with Crippen LogP contribution in [0.1, 0.15) is 45.0 Å². The highest BCUT2D eigenvalue weighted by molar-refractivity contribution is 7.89. The van der Waals surface area contributed by atoms with Crippen LogP contribution in [0.5, 0.6) is 0 Å². The van der Waals surface area contributed by atoms with E-state index in [0.717, 1.165) is 21.6 Å². The van der Waals surface area contributed by atoms with Gasteiger partial charge in [0.25, 0.3) is 0 Å². The molecule has 2 aromatic rings. The van der Waals surface area contributed by atoms with E-state index in [1.54, 1.807) is 18.2 Å². The molecule has 8 heteroatoms. The second kappa shape index (κ2) is 5.74. The van der Waals surface area contributed by atoms with E-state index in [2.05, 4.69) is 25.8 Å². The number of hydrogen-bond donors (Lipinski definition) is 1. The van der Waals surface area contributed by atoms with E-state index in [0.29, 0.717) is 12.8 Å². The van der Waals surface area contributed by atoms with Crippen LogP contribution in [0, 0.1) is 5.92 Å². The van der Waals surface area contributed by atoms with E-state index < -0.39 is 28.0 Å². The molecule has 2 aliphatic rings. The molecular weight excluding hydrogens is 372 g/mol. The van der Waals surface area contributed by atoms with Gasteiger partial charge in [-0.2, -0.15) is 4.31 Å². The maximum absolute atomic E-state index is 13.2. The minimum absolute atomic E-state index is 0.0918. The highest BCUT2D eigenvalue weighted by Crippen LogP contribution is 2.45. The maximum Gasteiger partial charge on any atom is 0.308 e. The molecule has 26 heavy (non-hydrogen) atoms. The number of rotatable bonds is 3. The van der Waals surface area contributed by atoms with Crippen molar-refractivity contribution in [1.29, 1.82) is 0 Å². The zero-order valence-corrected chi connectivity index (χ0v) is 16.6. The van der Waals surface area contributed by atoms with Crippen LogP contribution in [0.15, 0.2) is 23.1 Å². The quantitative estimate of drug-likeness (QED) is 0.864. The van der Waals surface area contributed by atoms with Gasteiger partial charge in [0.15, 0.2) is 0 Å². The minimum atomic E-state index is -3.71. The van der Waals surface area contributed by atoms with Crippen molar-refractivity contribution in [3.63, 3.8) is 0 Å². The first kappa shape index (κ1) is 17.9. The van der Waals surface area contributed by atoms with Gasteiger partial charge >= 0.3 is 5.97 Å². The Kier molecular flexibility index (Phi) is 3.95. The molecule has 140 valence electrons. The van der Waals surface area contributed by atoms with Gasteiger partial charge in [0.05, 0.1) is 26.0 Å². The summed E-state index contributed by atoms with van der Waals surface area (Å²) < 4.78 is 28.8. The molecule has 3 atom stereocenters. The molecule has 0 aliphatic carbocycles. The van der Waals surface area contributed by atoms with Crippen molar-refractivity contribution in [2.45, 2.75) is 62.4 Å². The molecule has 0 radical (unpaired) electrons. The number of nitrogens with zero attached hydrogens (tertiary/aromatic N) is 2. The second-order valence-corrected chi connectivity index (χ2v) is 11.1. The van der Waals surface area contributed by atoms with Crippen LogP contribution in [0.3, 0.4) is 0 Å². The SMILES string of the molecule is CC(C)(C)c1nc2ccc(S(=O)(=O)N3C4CCC3C(C(=O)O)C4)cc2s1. The lowest BCUT2D eigenvalue weighted by molar-refractivity contribution is -0.142. The molecule has 0 spiro atoms. The Morgan fingerprint density at radius 3 is 2.65 bits per heavy atom. The van der Waals surface area contributed by atoms with Gasteiger partial charge < -0.3 is 5.11 Å². The summed E-state index contributed by atoms with van der Waals surface area (Å²) in [6.45, 7) is 6.24. The van der Waals surface area contributed by atoms with Crippen LogP contribution in [0.4, 0.5) is 0 Å². The van der Waals surface area contributed by atoms with E-state index in [9.17, 15) is 18.3 Å². The van der Waals surface area contributed by atoms with E-state index in [-0.39, 0.29) is 16.4 Å². The first-order valence-corrected chi connectivity index (χ1v) is 11.0. The Morgan fingerprint density at radius 2 is 2.04 bits per heavy atom. The summed E-state index contributed by atoms with van der Waals surface area (Å²) in [6, 6.07) is 4.40. The van der Waals surface area contributed by atoms with Crippen LogP contribution >= 0.6 is 11.3 Å². The molecule has 4 rings (SSSR count). The Bertz CT molecular complexity index is 990. The molecule has 0 amide bonds. The van der Waals surface area contributed by atoms with Gasteiger partial charge in [-0.05, 0) is 37.5 Å². The summed E-state index contributed by atoms with van der Waals surface area (Å²) in [5, 5.41) is 10.3. The van der Waals surface area contributed by atoms with Gasteiger partial charge in [0, 0.05) is 17.5 Å². The minimum Gasteiger partial charge on any atom is -0.481 e. The number of sulfonamides is 1. The summed E-state index contributed by atoms with van der Waals surface area (Å²) in [4.78, 5) is 16.3. The molecule has 0 saturated carbocycles. The molecule has 2 aliphatic heterocycles. The van der Waals surface area contributed by atoms with Gasteiger partial charge in [-0.25, -0.2) is 13.4 Å². The first-order chi connectivity index (χ1) is 12.1. The average Bonchev–Trinajstić information content (AvgIpc) is 3.25. The van der Waals surface area contributed by atoms with E-state index in [4.69, 9.17) is 0 Å². The molecule has 1 aromatic carbocycles. The molecule has 2 fully saturated rings. The van der Waals surface area contributed by atoms with E-state index >= 15 is 0 Å². The number of carboxylic acid groups (broad SMARTS) is 1. The third kappa shape index (κ3) is 2.66. The fourth-order valence-corrected chi connectivity index (χ4v) is 7.17. The zero-order chi connectivity index (χ0) is 18.9. The first-order valence-electron chi connectivity index (χ1n) is 8.76. The number of carbonyl (C=O) groups is 1. The van der Waals surface area contributed by atoms with Crippen molar-refractivity contribution in [3.05, 3.63) is 23.2 Å². The number of fused-ring (bicyclic) bond motifs is 3. The predicted molar refractivity (Wildman–Crippen MR) is 99.9 cm³/mol. The molecule has 2 saturated heterocycles. The van der Waals surface area contributed by atoms with Gasteiger partial charge in [-0.15, -0.1) is 11.3 Å². The Morgan fingerprint density at radius 1 is 1.31 bits per heavy atom. The standard InChI is InChI=1S/C18H22N2O4S2/c1-18(2,3)17-19-13-6-5-11(9-15(13)25-17)26(23,24)20-10-4-7-14(20)12(8-10)16(21)22/h5-6,9-10,12,14H,4,7-8H2,1-3H3,(H,21,22). The fraction of sp³-hybridized carbons (Fsp3) is 0.556. The molecule has 2 bridgehead atoms. The number of aromatic nitrogens is 1. The van der Waals surface area contributed by atoms with Gasteiger partial charge in [-0.1, -0.05) is 20.8 Å². The summed E-state index contributed by atoms with van der Waals surface area (Å²) in [5.41, 5.74) is 0.706. The number of aliphatic carboxylic acids is 1. The van der Waals surface area contributed by atoms with Crippen molar-refractivity contribution in [2.24, 2.45) is 5.92 Å². The lowest BCUT2D eigenvalue weighted by Crippen LogP contribution is -2.37. The number of carboxylic acids is 1. The van der Waals surface area contributed by atoms with E-state index in [1.165, 1.54) is 15.6 Å². The Labute approximate surface area is 156 Å². The lowest BCUT2D eigenvalue weighted by atomic mass is 9.89. The zero-order valence-electron chi connectivity index (χ0n) is 15.0. The largest absolute Gasteiger partial charge is 0.481 e. The van der Waals surface area contributed by atoms with E-state index in [1.807, 2.05) is 0 Å². The number of benzene rings is 1. The molecule has 3 heterocycles. The summed E-state index contributed by atoms with van der Waals surface area (Å²) in [5.74, 6) is -1.49. The molecule has 1 N–H and O–H groups in total. The topological polar surface area (TPSA) is 87.6 Å². The third-order valence-corrected chi connectivity index (χ3v) is 8.78. The monoisotopic (exact) mass is 394 g/mol. The highest BCUT2D eigenvalue weighted by atomic mass is 32.2. The lowest BCUT2D eigenvalue weighted by Gasteiger charge is -2.22. The highest BCUT2D eigenvalue weighted by Gasteiger charge is 2.54. The Balaban J connectivity index is 1.74. The van der Waals surface area contributed by atoms with Gasteiger partial charge in [0.2, 0.25) is 10.0 Å². The van der Waals surface area contributed by atoms with Gasteiger partial charge in [0.1, 0.15) is 0 Å². The number of thiazole rings is 1. The molecule has 6 nitrogen and oxygen atoms in total. The smallest absolute Gasteiger partial charge is 0.308 e. The van der Waals surface area contributed by atoms with Crippen molar-refractivity contribution in [2.75, 3.05) is 0 Å². The van der Waals surface area contributed by atoms with Crippen LogP contribution in [-0.2, 0) is 20.2 Å². The predicted octanol–water partition coefficient (Wildman–Crippen LogP) is 3.22. The third-order valence-electron chi connectivity index (χ3n) is 5.37. The van der Waals surface area contributed by atoms with Gasteiger partial charge in [-0.3, -0.25) is 4.79 Å². The van der Waals surface area contributed by atoms with Crippen LogP contribution in [0.2, 0.25) is 0 Å². The summed E-state index contributed by atoms with van der Waals surface area (Å²) in [7, 11) is -3.71. The second-order valence-electron chi connectivity index (χ2n) is 8.21. The van der Waals surface area contributed by atoms with Crippen molar-refractivity contribution in [3.8, 4) is 0 Å². The summed E-state index contributed by atoms with van der Waals surface area (Å²) >= 11 is 1.51. The van der Waals surface area contributed by atoms with Crippen molar-refractivity contribution >= 4 is 37.5 Å². The molecular formula is C18H22N2O4S2. The van der Waals surface area contributed by atoms with Crippen molar-refractivity contribution in [1.82, 2.24) is 9.29 Å². The Hall–Kier alpha value is -1.51. The van der Waals surface area contributed by atoms with Crippen LogP contribution in [-0.4, -0.2) is 40.9 Å². The normalized spacial score (nSPS) is 26.7. The molecule has 1 aromatic heterocycles. The maximum atomic E-state index is 13.2. The average molecular weight is 395 g/mol. The van der Waals surface area contributed by atoms with Crippen LogP contribution in [0.25, 0.3) is 10.2 Å². The molecule has 3 unspecified atom stereocenters. The van der Waals surface area contributed by atoms with Crippen LogP contribution < -0.4 is 0 Å². The fourth-order valence-electron chi connectivity index (χ4n) is 4.09. The van der Waals surface area contributed by atoms with Crippen molar-refractivity contribution < 1.29 is 18.3 Å². The summed E-state index contributed by atoms with van der Waals surface area (Å²) in [6.07, 6.45) is 1.78.